The summed E-state index contributed by atoms with van der Waals surface area (Å²) in [6.07, 6.45) is 10.2. The molecule has 7 heteroatoms. The van der Waals surface area contributed by atoms with Gasteiger partial charge >= 0.3 is 0 Å². The van der Waals surface area contributed by atoms with Crippen LogP contribution < -0.4 is 0 Å². The second-order valence-corrected chi connectivity index (χ2v) is 6.23. The van der Waals surface area contributed by atoms with E-state index in [9.17, 15) is 0 Å². The topological polar surface area (TPSA) is 45.5 Å². The van der Waals surface area contributed by atoms with Crippen LogP contribution in [0.25, 0.3) is 0 Å². The molecular weight excluding hydrogens is 351 g/mol. The van der Waals surface area contributed by atoms with Crippen LogP contribution >= 0.6 is 23.2 Å². The van der Waals surface area contributed by atoms with E-state index < -0.39 is 5.79 Å². The van der Waals surface area contributed by atoms with Crippen molar-refractivity contribution in [3.8, 4) is 12.3 Å². The Labute approximate surface area is 150 Å². The molecule has 5 nitrogen and oxygen atoms in total. The number of nitrogens with zero attached hydrogens (tertiary/aromatic N) is 2. The lowest BCUT2D eigenvalue weighted by Crippen LogP contribution is -2.34. The van der Waals surface area contributed by atoms with Gasteiger partial charge in [-0.1, -0.05) is 35.2 Å². The molecule has 0 amide bonds. The van der Waals surface area contributed by atoms with Crippen molar-refractivity contribution in [1.82, 2.24) is 9.55 Å². The molecule has 0 N–H and O–H groups in total. The fraction of sp³-hybridized carbons (Fsp3) is 0.353. The Kier molecular flexibility index (Phi) is 5.44. The molecule has 2 atom stereocenters. The van der Waals surface area contributed by atoms with Crippen molar-refractivity contribution in [2.45, 2.75) is 18.4 Å². The number of rotatable bonds is 6. The number of terminal acetylenes is 1. The normalized spacial score (nSPS) is 23.3. The molecule has 1 aromatic carbocycles. The van der Waals surface area contributed by atoms with Gasteiger partial charge in [-0.3, -0.25) is 0 Å². The summed E-state index contributed by atoms with van der Waals surface area (Å²) in [4.78, 5) is 4.06. The van der Waals surface area contributed by atoms with E-state index >= 15 is 0 Å². The molecular formula is C17H16Cl2N2O3. The van der Waals surface area contributed by atoms with Gasteiger partial charge in [-0.2, -0.15) is 0 Å². The Morgan fingerprint density at radius 2 is 2.33 bits per heavy atom. The van der Waals surface area contributed by atoms with E-state index in [-0.39, 0.29) is 12.7 Å². The number of imidazole rings is 1. The van der Waals surface area contributed by atoms with Crippen LogP contribution in [0.1, 0.15) is 5.56 Å². The summed E-state index contributed by atoms with van der Waals surface area (Å²) >= 11 is 12.4. The predicted molar refractivity (Wildman–Crippen MR) is 90.8 cm³/mol. The summed E-state index contributed by atoms with van der Waals surface area (Å²) in [6.45, 7) is 1.36. The van der Waals surface area contributed by atoms with Crippen molar-refractivity contribution in [1.29, 1.82) is 0 Å². The second-order valence-electron chi connectivity index (χ2n) is 5.38. The summed E-state index contributed by atoms with van der Waals surface area (Å²) < 4.78 is 19.5. The minimum atomic E-state index is -1.04. The highest BCUT2D eigenvalue weighted by molar-refractivity contribution is 6.35. The van der Waals surface area contributed by atoms with Crippen molar-refractivity contribution < 1.29 is 14.2 Å². The smallest absolute Gasteiger partial charge is 0.215 e. The maximum Gasteiger partial charge on any atom is 0.215 e. The molecule has 126 valence electrons. The molecule has 2 heterocycles. The van der Waals surface area contributed by atoms with Crippen LogP contribution in [0.4, 0.5) is 0 Å². The van der Waals surface area contributed by atoms with Crippen LogP contribution in [0.15, 0.2) is 36.9 Å². The Morgan fingerprint density at radius 1 is 1.46 bits per heavy atom. The number of aromatic nitrogens is 2. The lowest BCUT2D eigenvalue weighted by molar-refractivity contribution is -0.191. The van der Waals surface area contributed by atoms with E-state index in [0.717, 1.165) is 0 Å². The molecule has 1 aliphatic heterocycles. The van der Waals surface area contributed by atoms with Crippen LogP contribution in [0.2, 0.25) is 10.0 Å². The minimum Gasteiger partial charge on any atom is -0.366 e. The number of hydrogen-bond acceptors (Lipinski definition) is 4. The second kappa shape index (κ2) is 7.56. The van der Waals surface area contributed by atoms with Gasteiger partial charge in [0.2, 0.25) is 5.79 Å². The molecule has 3 rings (SSSR count). The van der Waals surface area contributed by atoms with Crippen LogP contribution in [0.3, 0.4) is 0 Å². The molecule has 1 aromatic heterocycles. The molecule has 0 saturated carbocycles. The first-order valence-corrected chi connectivity index (χ1v) is 8.13. The van der Waals surface area contributed by atoms with E-state index in [0.29, 0.717) is 35.4 Å². The number of hydrogen-bond donors (Lipinski definition) is 0. The Morgan fingerprint density at radius 3 is 3.04 bits per heavy atom. The van der Waals surface area contributed by atoms with Crippen molar-refractivity contribution in [2.75, 3.05) is 19.8 Å². The van der Waals surface area contributed by atoms with Gasteiger partial charge in [0, 0.05) is 23.0 Å². The Hall–Kier alpha value is -1.55. The molecule has 24 heavy (non-hydrogen) atoms. The lowest BCUT2D eigenvalue weighted by Gasteiger charge is -2.29. The largest absolute Gasteiger partial charge is 0.366 e. The number of halogens is 2. The number of benzene rings is 1. The molecule has 0 spiro atoms. The summed E-state index contributed by atoms with van der Waals surface area (Å²) in [7, 11) is 0. The summed E-state index contributed by atoms with van der Waals surface area (Å²) in [5.74, 6) is 1.39. The Bertz CT molecular complexity index is 730. The van der Waals surface area contributed by atoms with E-state index in [4.69, 9.17) is 43.8 Å². The SMILES string of the molecule is C#CCOC[C@@H]1CO[C@](Cn2ccnc2)(c2ccc(Cl)cc2Cl)O1. The zero-order valence-corrected chi connectivity index (χ0v) is 14.3. The van der Waals surface area contributed by atoms with Gasteiger partial charge in [-0.25, -0.2) is 4.98 Å². The lowest BCUT2D eigenvalue weighted by atomic mass is 10.1. The molecule has 0 aliphatic carbocycles. The monoisotopic (exact) mass is 366 g/mol. The van der Waals surface area contributed by atoms with Crippen molar-refractivity contribution in [3.05, 3.63) is 52.5 Å². The molecule has 0 unspecified atom stereocenters. The van der Waals surface area contributed by atoms with Crippen LogP contribution in [-0.2, 0) is 26.5 Å². The zero-order valence-electron chi connectivity index (χ0n) is 12.8. The predicted octanol–water partition coefficient (Wildman–Crippen LogP) is 3.11. The molecule has 0 radical (unpaired) electrons. The third kappa shape index (κ3) is 3.75. The quantitative estimate of drug-likeness (QED) is 0.582. The first-order valence-electron chi connectivity index (χ1n) is 7.37. The van der Waals surface area contributed by atoms with Gasteiger partial charge in [0.25, 0.3) is 0 Å². The minimum absolute atomic E-state index is 0.232. The first-order chi connectivity index (χ1) is 11.6. The fourth-order valence-corrected chi connectivity index (χ4v) is 3.18. The van der Waals surface area contributed by atoms with Gasteiger partial charge in [-0.15, -0.1) is 6.42 Å². The van der Waals surface area contributed by atoms with Crippen molar-refractivity contribution in [2.24, 2.45) is 0 Å². The van der Waals surface area contributed by atoms with Crippen LogP contribution in [0.5, 0.6) is 0 Å². The van der Waals surface area contributed by atoms with E-state index in [2.05, 4.69) is 10.9 Å². The third-order valence-electron chi connectivity index (χ3n) is 3.64. The van der Waals surface area contributed by atoms with Gasteiger partial charge in [0.05, 0.1) is 31.1 Å². The molecule has 1 aliphatic rings. The van der Waals surface area contributed by atoms with Gasteiger partial charge in [0.15, 0.2) is 0 Å². The Balaban J connectivity index is 1.86. The number of ether oxygens (including phenoxy) is 3. The fourth-order valence-electron chi connectivity index (χ4n) is 2.62. The van der Waals surface area contributed by atoms with E-state index in [1.807, 2.05) is 16.8 Å². The van der Waals surface area contributed by atoms with Crippen LogP contribution in [-0.4, -0.2) is 35.5 Å². The molecule has 1 saturated heterocycles. The summed E-state index contributed by atoms with van der Waals surface area (Å²) in [5.41, 5.74) is 0.710. The van der Waals surface area contributed by atoms with Crippen LogP contribution in [0, 0.1) is 12.3 Å². The highest BCUT2D eigenvalue weighted by Gasteiger charge is 2.45. The maximum atomic E-state index is 6.39. The highest BCUT2D eigenvalue weighted by atomic mass is 35.5. The average molecular weight is 367 g/mol. The van der Waals surface area contributed by atoms with Gasteiger partial charge in [0.1, 0.15) is 12.7 Å². The summed E-state index contributed by atoms with van der Waals surface area (Å²) in [5, 5.41) is 1.03. The average Bonchev–Trinajstić information content (AvgIpc) is 3.19. The highest BCUT2D eigenvalue weighted by Crippen LogP contribution is 2.40. The van der Waals surface area contributed by atoms with Gasteiger partial charge < -0.3 is 18.8 Å². The summed E-state index contributed by atoms with van der Waals surface area (Å²) in [6, 6.07) is 5.24. The molecule has 2 aromatic rings. The van der Waals surface area contributed by atoms with Crippen molar-refractivity contribution >= 4 is 23.2 Å². The van der Waals surface area contributed by atoms with E-state index in [1.54, 1.807) is 24.7 Å². The van der Waals surface area contributed by atoms with Crippen molar-refractivity contribution in [3.63, 3.8) is 0 Å². The maximum absolute atomic E-state index is 6.39. The zero-order chi connectivity index (χ0) is 17.0. The van der Waals surface area contributed by atoms with E-state index in [1.165, 1.54) is 0 Å². The van der Waals surface area contributed by atoms with Gasteiger partial charge in [-0.05, 0) is 12.1 Å². The first kappa shape index (κ1) is 17.3. The molecule has 1 fully saturated rings. The third-order valence-corrected chi connectivity index (χ3v) is 4.19. The molecule has 0 bridgehead atoms. The standard InChI is InChI=1S/C17H16Cl2N2O3/c1-2-7-22-9-14-10-23-17(24-14,11-21-6-5-20-12-21)15-4-3-13(18)8-16(15)19/h1,3-6,8,12,14H,7,9-11H2/t14-,17+/m1/s1.